The average molecular weight is 163 g/mol. The molecule has 1 N–H and O–H groups in total. The van der Waals surface area contributed by atoms with Crippen LogP contribution in [0, 0.1) is 5.92 Å². The third-order valence-corrected chi connectivity index (χ3v) is 2.28. The van der Waals surface area contributed by atoms with Crippen LogP contribution in [0.4, 0.5) is 0 Å². The van der Waals surface area contributed by atoms with Crippen molar-refractivity contribution < 1.29 is 0 Å². The first-order valence-electron chi connectivity index (χ1n) is 4.41. The van der Waals surface area contributed by atoms with E-state index in [0.717, 1.165) is 31.1 Å². The Morgan fingerprint density at radius 1 is 1.50 bits per heavy atom. The van der Waals surface area contributed by atoms with Gasteiger partial charge in [0.05, 0.1) is 5.69 Å². The summed E-state index contributed by atoms with van der Waals surface area (Å²) in [6, 6.07) is 0. The molecule has 3 heteroatoms. The van der Waals surface area contributed by atoms with Crippen LogP contribution < -0.4 is 5.32 Å². The fourth-order valence-corrected chi connectivity index (χ4v) is 1.62. The van der Waals surface area contributed by atoms with E-state index in [9.17, 15) is 0 Å². The number of aromatic nitrogens is 2. The van der Waals surface area contributed by atoms with Gasteiger partial charge in [-0.15, -0.1) is 0 Å². The zero-order valence-corrected chi connectivity index (χ0v) is 7.03. The van der Waals surface area contributed by atoms with E-state index in [4.69, 9.17) is 0 Å². The molecule has 0 saturated carbocycles. The van der Waals surface area contributed by atoms with Gasteiger partial charge in [-0.3, -0.25) is 9.97 Å². The quantitative estimate of drug-likeness (QED) is 0.695. The summed E-state index contributed by atoms with van der Waals surface area (Å²) in [5.74, 6) is 0.765. The lowest BCUT2D eigenvalue weighted by Gasteiger charge is -2.05. The molecular formula is C9H13N3. The summed E-state index contributed by atoms with van der Waals surface area (Å²) in [5.41, 5.74) is 1.12. The SMILES string of the molecule is c1cnc(C[C@@H]2CCNC2)cn1. The predicted octanol–water partition coefficient (Wildman–Crippen LogP) is 0.629. The summed E-state index contributed by atoms with van der Waals surface area (Å²) in [5, 5.41) is 3.34. The molecule has 0 amide bonds. The molecule has 1 atom stereocenters. The predicted molar refractivity (Wildman–Crippen MR) is 46.7 cm³/mol. The fourth-order valence-electron chi connectivity index (χ4n) is 1.62. The van der Waals surface area contributed by atoms with Crippen molar-refractivity contribution in [2.75, 3.05) is 13.1 Å². The molecule has 0 bridgehead atoms. The van der Waals surface area contributed by atoms with E-state index in [1.807, 2.05) is 6.20 Å². The topological polar surface area (TPSA) is 37.8 Å². The molecule has 3 nitrogen and oxygen atoms in total. The summed E-state index contributed by atoms with van der Waals surface area (Å²) in [4.78, 5) is 8.30. The van der Waals surface area contributed by atoms with Gasteiger partial charge in [0.2, 0.25) is 0 Å². The van der Waals surface area contributed by atoms with E-state index in [1.165, 1.54) is 6.42 Å². The second-order valence-electron chi connectivity index (χ2n) is 3.26. The van der Waals surface area contributed by atoms with Crippen molar-refractivity contribution in [1.29, 1.82) is 0 Å². The summed E-state index contributed by atoms with van der Waals surface area (Å²) >= 11 is 0. The van der Waals surface area contributed by atoms with E-state index in [2.05, 4.69) is 15.3 Å². The van der Waals surface area contributed by atoms with Crippen LogP contribution in [0.15, 0.2) is 18.6 Å². The largest absolute Gasteiger partial charge is 0.316 e. The minimum atomic E-state index is 0.765. The molecular weight excluding hydrogens is 150 g/mol. The number of nitrogens with zero attached hydrogens (tertiary/aromatic N) is 2. The van der Waals surface area contributed by atoms with Crippen molar-refractivity contribution in [2.24, 2.45) is 5.92 Å². The lowest BCUT2D eigenvalue weighted by molar-refractivity contribution is 0.570. The molecule has 0 radical (unpaired) electrons. The van der Waals surface area contributed by atoms with E-state index in [-0.39, 0.29) is 0 Å². The van der Waals surface area contributed by atoms with Crippen LogP contribution in [0.2, 0.25) is 0 Å². The van der Waals surface area contributed by atoms with E-state index >= 15 is 0 Å². The molecule has 1 aliphatic heterocycles. The molecule has 64 valence electrons. The van der Waals surface area contributed by atoms with Gasteiger partial charge in [0.1, 0.15) is 0 Å². The molecule has 2 rings (SSSR count). The van der Waals surface area contributed by atoms with Crippen LogP contribution in [0.5, 0.6) is 0 Å². The molecule has 1 aliphatic rings. The normalized spacial score (nSPS) is 22.8. The van der Waals surface area contributed by atoms with Crippen LogP contribution in [-0.2, 0) is 6.42 Å². The first-order valence-corrected chi connectivity index (χ1v) is 4.41. The Balaban J connectivity index is 1.94. The van der Waals surface area contributed by atoms with E-state index in [0.29, 0.717) is 0 Å². The van der Waals surface area contributed by atoms with E-state index < -0.39 is 0 Å². The van der Waals surface area contributed by atoms with Gasteiger partial charge in [-0.1, -0.05) is 0 Å². The van der Waals surface area contributed by atoms with Crippen molar-refractivity contribution in [3.05, 3.63) is 24.3 Å². The fraction of sp³-hybridized carbons (Fsp3) is 0.556. The molecule has 12 heavy (non-hydrogen) atoms. The van der Waals surface area contributed by atoms with Gasteiger partial charge in [-0.25, -0.2) is 0 Å². The van der Waals surface area contributed by atoms with Gasteiger partial charge in [0.15, 0.2) is 0 Å². The lowest BCUT2D eigenvalue weighted by Crippen LogP contribution is -2.11. The van der Waals surface area contributed by atoms with Crippen LogP contribution in [0.25, 0.3) is 0 Å². The average Bonchev–Trinajstić information content (AvgIpc) is 2.59. The number of hydrogen-bond donors (Lipinski definition) is 1. The smallest absolute Gasteiger partial charge is 0.0589 e. The van der Waals surface area contributed by atoms with E-state index in [1.54, 1.807) is 12.4 Å². The standard InChI is InChI=1S/C9H13N3/c1-2-10-6-8(1)5-9-7-11-3-4-12-9/h3-4,7-8,10H,1-2,5-6H2/t8-/m0/s1. The Bertz CT molecular complexity index is 229. The Morgan fingerprint density at radius 3 is 3.17 bits per heavy atom. The second kappa shape index (κ2) is 3.63. The highest BCUT2D eigenvalue weighted by Gasteiger charge is 2.14. The summed E-state index contributed by atoms with van der Waals surface area (Å²) in [6.45, 7) is 2.29. The van der Waals surface area contributed by atoms with Crippen molar-refractivity contribution in [2.45, 2.75) is 12.8 Å². The molecule has 1 saturated heterocycles. The van der Waals surface area contributed by atoms with Crippen molar-refractivity contribution in [1.82, 2.24) is 15.3 Å². The minimum absolute atomic E-state index is 0.765. The highest BCUT2D eigenvalue weighted by atomic mass is 14.9. The third kappa shape index (κ3) is 1.80. The van der Waals surface area contributed by atoms with Crippen LogP contribution in [-0.4, -0.2) is 23.1 Å². The van der Waals surface area contributed by atoms with Crippen LogP contribution in [0.1, 0.15) is 12.1 Å². The van der Waals surface area contributed by atoms with Crippen molar-refractivity contribution in [3.8, 4) is 0 Å². The number of hydrogen-bond acceptors (Lipinski definition) is 3. The summed E-state index contributed by atoms with van der Waals surface area (Å²) < 4.78 is 0. The molecule has 1 fully saturated rings. The lowest BCUT2D eigenvalue weighted by atomic mass is 10.0. The van der Waals surface area contributed by atoms with Crippen LogP contribution >= 0.6 is 0 Å². The molecule has 0 aromatic carbocycles. The molecule has 2 heterocycles. The van der Waals surface area contributed by atoms with Crippen molar-refractivity contribution >= 4 is 0 Å². The van der Waals surface area contributed by atoms with Crippen LogP contribution in [0.3, 0.4) is 0 Å². The first-order chi connectivity index (χ1) is 5.95. The maximum Gasteiger partial charge on any atom is 0.0589 e. The van der Waals surface area contributed by atoms with Gasteiger partial charge < -0.3 is 5.32 Å². The Labute approximate surface area is 72.2 Å². The maximum absolute atomic E-state index is 4.25. The van der Waals surface area contributed by atoms with Gasteiger partial charge in [0.25, 0.3) is 0 Å². The number of nitrogens with one attached hydrogen (secondary N) is 1. The maximum atomic E-state index is 4.25. The minimum Gasteiger partial charge on any atom is -0.316 e. The molecule has 1 aromatic rings. The molecule has 0 spiro atoms. The third-order valence-electron chi connectivity index (χ3n) is 2.28. The second-order valence-corrected chi connectivity index (χ2v) is 3.26. The molecule has 0 aliphatic carbocycles. The first kappa shape index (κ1) is 7.68. The zero-order valence-electron chi connectivity index (χ0n) is 7.03. The van der Waals surface area contributed by atoms with Gasteiger partial charge in [0, 0.05) is 18.6 Å². The Kier molecular flexibility index (Phi) is 2.32. The van der Waals surface area contributed by atoms with Gasteiger partial charge in [-0.05, 0) is 31.8 Å². The highest BCUT2D eigenvalue weighted by molar-refractivity contribution is 4.97. The molecule has 0 unspecified atom stereocenters. The summed E-state index contributed by atoms with van der Waals surface area (Å²) in [6.07, 6.45) is 7.68. The zero-order chi connectivity index (χ0) is 8.23. The van der Waals surface area contributed by atoms with Gasteiger partial charge in [-0.2, -0.15) is 0 Å². The monoisotopic (exact) mass is 163 g/mol. The Hall–Kier alpha value is -0.960. The van der Waals surface area contributed by atoms with Crippen molar-refractivity contribution in [3.63, 3.8) is 0 Å². The van der Waals surface area contributed by atoms with Gasteiger partial charge >= 0.3 is 0 Å². The molecule has 1 aromatic heterocycles. The Morgan fingerprint density at radius 2 is 2.50 bits per heavy atom. The number of rotatable bonds is 2. The highest BCUT2D eigenvalue weighted by Crippen LogP contribution is 2.12. The summed E-state index contributed by atoms with van der Waals surface area (Å²) in [7, 11) is 0.